The molecule has 0 aromatic rings. The van der Waals surface area contributed by atoms with Gasteiger partial charge in [0.25, 0.3) is 0 Å². The molecular weight excluding hydrogens is 178 g/mol. The molecule has 3 nitrogen and oxygen atoms in total. The second kappa shape index (κ2) is 6.68. The van der Waals surface area contributed by atoms with Crippen LogP contribution in [0.2, 0.25) is 0 Å². The molecule has 82 valence electrons. The number of alkyl carbamates (subject to hydrolysis) is 1. The fourth-order valence-electron chi connectivity index (χ4n) is 1.98. The summed E-state index contributed by atoms with van der Waals surface area (Å²) in [6.45, 7) is 3.07. The van der Waals surface area contributed by atoms with Crippen molar-refractivity contribution in [2.24, 2.45) is 5.92 Å². The largest absolute Gasteiger partial charge is 0.450 e. The lowest BCUT2D eigenvalue weighted by Crippen LogP contribution is -2.29. The molecule has 0 radical (unpaired) electrons. The predicted octanol–water partition coefficient (Wildman–Crippen LogP) is 2.70. The Kier molecular flexibility index (Phi) is 5.42. The van der Waals surface area contributed by atoms with Gasteiger partial charge in [0.15, 0.2) is 0 Å². The third kappa shape index (κ3) is 4.49. The van der Waals surface area contributed by atoms with Gasteiger partial charge in [-0.3, -0.25) is 0 Å². The Bertz CT molecular complexity index is 163. The van der Waals surface area contributed by atoms with E-state index in [2.05, 4.69) is 5.32 Å². The smallest absolute Gasteiger partial charge is 0.407 e. The quantitative estimate of drug-likeness (QED) is 0.710. The monoisotopic (exact) mass is 199 g/mol. The minimum absolute atomic E-state index is 0.267. The Balaban J connectivity index is 2.12. The van der Waals surface area contributed by atoms with Gasteiger partial charge >= 0.3 is 6.09 Å². The van der Waals surface area contributed by atoms with Crippen LogP contribution in [0.1, 0.15) is 45.4 Å². The van der Waals surface area contributed by atoms with E-state index in [1.165, 1.54) is 38.5 Å². The summed E-state index contributed by atoms with van der Waals surface area (Å²) in [6.07, 6.45) is 7.59. The number of amides is 1. The van der Waals surface area contributed by atoms with Crippen molar-refractivity contribution in [1.29, 1.82) is 0 Å². The molecular formula is C11H21NO2. The van der Waals surface area contributed by atoms with Crippen molar-refractivity contribution < 1.29 is 9.53 Å². The first-order valence-corrected chi connectivity index (χ1v) is 5.73. The minimum Gasteiger partial charge on any atom is -0.450 e. The van der Waals surface area contributed by atoms with Crippen LogP contribution in [-0.4, -0.2) is 19.2 Å². The number of rotatable bonds is 3. The van der Waals surface area contributed by atoms with Crippen LogP contribution in [0, 0.1) is 5.92 Å². The van der Waals surface area contributed by atoms with Crippen LogP contribution in [0.3, 0.4) is 0 Å². The van der Waals surface area contributed by atoms with E-state index in [4.69, 9.17) is 4.74 Å². The molecule has 0 aliphatic heterocycles. The Morgan fingerprint density at radius 1 is 1.29 bits per heavy atom. The minimum atomic E-state index is -0.267. The summed E-state index contributed by atoms with van der Waals surface area (Å²) >= 11 is 0. The molecule has 1 amide bonds. The molecule has 1 saturated carbocycles. The second-order valence-corrected chi connectivity index (χ2v) is 3.96. The Labute approximate surface area is 86.2 Å². The van der Waals surface area contributed by atoms with Crippen LogP contribution in [0.25, 0.3) is 0 Å². The SMILES string of the molecule is CCOC(=O)NCC1CCCCCC1. The summed E-state index contributed by atoms with van der Waals surface area (Å²) in [4.78, 5) is 11.0. The molecule has 0 bridgehead atoms. The summed E-state index contributed by atoms with van der Waals surface area (Å²) < 4.78 is 4.81. The fourth-order valence-corrected chi connectivity index (χ4v) is 1.98. The molecule has 1 fully saturated rings. The van der Waals surface area contributed by atoms with E-state index < -0.39 is 0 Å². The van der Waals surface area contributed by atoms with Crippen molar-refractivity contribution in [2.45, 2.75) is 45.4 Å². The maximum absolute atomic E-state index is 11.0. The maximum Gasteiger partial charge on any atom is 0.407 e. The zero-order chi connectivity index (χ0) is 10.2. The number of ether oxygens (including phenoxy) is 1. The highest BCUT2D eigenvalue weighted by atomic mass is 16.5. The second-order valence-electron chi connectivity index (χ2n) is 3.96. The molecule has 0 aromatic carbocycles. The molecule has 1 aliphatic rings. The molecule has 1 aliphatic carbocycles. The average Bonchev–Trinajstić information content (AvgIpc) is 2.43. The lowest BCUT2D eigenvalue weighted by Gasteiger charge is -2.14. The predicted molar refractivity (Wildman–Crippen MR) is 56.2 cm³/mol. The highest BCUT2D eigenvalue weighted by Gasteiger charge is 2.13. The van der Waals surface area contributed by atoms with Crippen molar-refractivity contribution in [1.82, 2.24) is 5.32 Å². The van der Waals surface area contributed by atoms with E-state index in [1.54, 1.807) is 0 Å². The standard InChI is InChI=1S/C11H21NO2/c1-2-14-11(13)12-9-10-7-5-3-4-6-8-10/h10H,2-9H2,1H3,(H,12,13). The lowest BCUT2D eigenvalue weighted by molar-refractivity contribution is 0.150. The normalized spacial score (nSPS) is 18.6. The van der Waals surface area contributed by atoms with Crippen molar-refractivity contribution in [2.75, 3.05) is 13.2 Å². The van der Waals surface area contributed by atoms with Crippen molar-refractivity contribution in [3.63, 3.8) is 0 Å². The van der Waals surface area contributed by atoms with Gasteiger partial charge in [0.05, 0.1) is 6.61 Å². The topological polar surface area (TPSA) is 38.3 Å². The molecule has 0 saturated heterocycles. The van der Waals surface area contributed by atoms with E-state index in [1.807, 2.05) is 6.92 Å². The summed E-state index contributed by atoms with van der Waals surface area (Å²) in [5.74, 6) is 0.668. The Morgan fingerprint density at radius 2 is 1.93 bits per heavy atom. The van der Waals surface area contributed by atoms with Gasteiger partial charge in [0, 0.05) is 6.54 Å². The summed E-state index contributed by atoms with van der Waals surface area (Å²) in [5.41, 5.74) is 0. The van der Waals surface area contributed by atoms with Gasteiger partial charge in [0.2, 0.25) is 0 Å². The van der Waals surface area contributed by atoms with Crippen LogP contribution in [0.4, 0.5) is 4.79 Å². The first-order chi connectivity index (χ1) is 6.83. The average molecular weight is 199 g/mol. The van der Waals surface area contributed by atoms with Gasteiger partial charge in [-0.25, -0.2) is 4.79 Å². The first-order valence-electron chi connectivity index (χ1n) is 5.73. The molecule has 0 spiro atoms. The third-order valence-corrected chi connectivity index (χ3v) is 2.79. The zero-order valence-corrected chi connectivity index (χ0v) is 9.05. The number of nitrogens with one attached hydrogen (secondary N) is 1. The zero-order valence-electron chi connectivity index (χ0n) is 9.05. The summed E-state index contributed by atoms with van der Waals surface area (Å²) in [6, 6.07) is 0. The Hall–Kier alpha value is -0.730. The van der Waals surface area contributed by atoms with Crippen molar-refractivity contribution in [3.8, 4) is 0 Å². The van der Waals surface area contributed by atoms with Crippen LogP contribution in [0.15, 0.2) is 0 Å². The molecule has 0 heterocycles. The molecule has 14 heavy (non-hydrogen) atoms. The van der Waals surface area contributed by atoms with Crippen LogP contribution >= 0.6 is 0 Å². The van der Waals surface area contributed by atoms with Crippen LogP contribution in [0.5, 0.6) is 0 Å². The van der Waals surface area contributed by atoms with E-state index in [9.17, 15) is 4.79 Å². The van der Waals surface area contributed by atoms with Crippen LogP contribution in [-0.2, 0) is 4.74 Å². The molecule has 0 aromatic heterocycles. The van der Waals surface area contributed by atoms with Gasteiger partial charge in [-0.15, -0.1) is 0 Å². The van der Waals surface area contributed by atoms with E-state index in [0.29, 0.717) is 12.5 Å². The number of carbonyl (C=O) groups is 1. The molecule has 1 N–H and O–H groups in total. The van der Waals surface area contributed by atoms with E-state index in [-0.39, 0.29) is 6.09 Å². The van der Waals surface area contributed by atoms with Crippen molar-refractivity contribution >= 4 is 6.09 Å². The highest BCUT2D eigenvalue weighted by Crippen LogP contribution is 2.21. The van der Waals surface area contributed by atoms with Crippen molar-refractivity contribution in [3.05, 3.63) is 0 Å². The van der Waals surface area contributed by atoms with Gasteiger partial charge in [-0.2, -0.15) is 0 Å². The number of hydrogen-bond donors (Lipinski definition) is 1. The van der Waals surface area contributed by atoms with E-state index in [0.717, 1.165) is 6.54 Å². The first kappa shape index (κ1) is 11.3. The van der Waals surface area contributed by atoms with Gasteiger partial charge in [-0.05, 0) is 25.7 Å². The molecule has 0 unspecified atom stereocenters. The summed E-state index contributed by atoms with van der Waals surface area (Å²) in [5, 5.41) is 2.82. The van der Waals surface area contributed by atoms with Gasteiger partial charge < -0.3 is 10.1 Å². The number of carbonyl (C=O) groups excluding carboxylic acids is 1. The molecule has 3 heteroatoms. The Morgan fingerprint density at radius 3 is 2.50 bits per heavy atom. The lowest BCUT2D eigenvalue weighted by atomic mass is 10.0. The van der Waals surface area contributed by atoms with E-state index >= 15 is 0 Å². The summed E-state index contributed by atoms with van der Waals surface area (Å²) in [7, 11) is 0. The maximum atomic E-state index is 11.0. The van der Waals surface area contributed by atoms with Gasteiger partial charge in [0.1, 0.15) is 0 Å². The van der Waals surface area contributed by atoms with Crippen LogP contribution < -0.4 is 5.32 Å². The third-order valence-electron chi connectivity index (χ3n) is 2.79. The molecule has 0 atom stereocenters. The fraction of sp³-hybridized carbons (Fsp3) is 0.909. The highest BCUT2D eigenvalue weighted by molar-refractivity contribution is 5.66. The van der Waals surface area contributed by atoms with Gasteiger partial charge in [-0.1, -0.05) is 25.7 Å². The number of hydrogen-bond acceptors (Lipinski definition) is 2. The molecule has 1 rings (SSSR count).